The zero-order valence-electron chi connectivity index (χ0n) is 14.3. The lowest BCUT2D eigenvalue weighted by atomic mass is 10.1. The molecule has 1 atom stereocenters. The van der Waals surface area contributed by atoms with Gasteiger partial charge >= 0.3 is 6.18 Å². The van der Waals surface area contributed by atoms with Crippen molar-refractivity contribution in [2.75, 3.05) is 12.3 Å². The Morgan fingerprint density at radius 1 is 1.29 bits per heavy atom. The fourth-order valence-corrected chi connectivity index (χ4v) is 4.84. The first-order valence-electron chi connectivity index (χ1n) is 8.24. The number of aromatic nitrogens is 4. The second-order valence-electron chi connectivity index (χ2n) is 6.23. The average Bonchev–Trinajstić information content (AvgIpc) is 3.06. The largest absolute Gasteiger partial charge is 0.434 e. The minimum Gasteiger partial charge on any atom is -0.351 e. The van der Waals surface area contributed by atoms with Crippen LogP contribution >= 0.6 is 11.6 Å². The summed E-state index contributed by atoms with van der Waals surface area (Å²) in [5.74, 6) is -1.33. The molecule has 0 saturated carbocycles. The van der Waals surface area contributed by atoms with Crippen LogP contribution in [0, 0.1) is 0 Å². The summed E-state index contributed by atoms with van der Waals surface area (Å²) in [7, 11) is -3.37. The first-order chi connectivity index (χ1) is 13.1. The SMILES string of the molecule is O=C(NCC1CCCCS1(=O)=O)c1cnn(-c2ccc(Cl)nn2)c1C(F)(F)F. The van der Waals surface area contributed by atoms with E-state index in [2.05, 4.69) is 20.6 Å². The molecule has 3 heterocycles. The number of carbonyl (C=O) groups excluding carboxylic acids is 1. The van der Waals surface area contributed by atoms with Gasteiger partial charge in [-0.25, -0.2) is 13.1 Å². The van der Waals surface area contributed by atoms with Crippen LogP contribution in [0.25, 0.3) is 5.82 Å². The molecule has 2 aromatic rings. The number of hydrogen-bond donors (Lipinski definition) is 1. The van der Waals surface area contributed by atoms with Crippen molar-refractivity contribution < 1.29 is 26.4 Å². The lowest BCUT2D eigenvalue weighted by Crippen LogP contribution is -2.40. The molecule has 0 aromatic carbocycles. The van der Waals surface area contributed by atoms with Crippen molar-refractivity contribution in [2.45, 2.75) is 30.7 Å². The second-order valence-corrected chi connectivity index (χ2v) is 9.01. The van der Waals surface area contributed by atoms with Gasteiger partial charge in [0.1, 0.15) is 0 Å². The summed E-state index contributed by atoms with van der Waals surface area (Å²) >= 11 is 5.58. The monoisotopic (exact) mass is 437 g/mol. The maximum absolute atomic E-state index is 13.6. The van der Waals surface area contributed by atoms with E-state index < -0.39 is 38.4 Å². The molecule has 28 heavy (non-hydrogen) atoms. The number of alkyl halides is 3. The van der Waals surface area contributed by atoms with Crippen LogP contribution in [0.2, 0.25) is 5.15 Å². The molecule has 1 unspecified atom stereocenters. The standard InChI is InChI=1S/C15H15ClF3N5O3S/c16-11-4-5-12(23-22-11)24-13(15(17,18)19)10(8-21-24)14(25)20-7-9-3-1-2-6-28(9,26)27/h4-5,8-9H,1-3,6-7H2,(H,20,25). The summed E-state index contributed by atoms with van der Waals surface area (Å²) in [4.78, 5) is 12.3. The van der Waals surface area contributed by atoms with Gasteiger partial charge in [0, 0.05) is 6.54 Å². The molecule has 1 amide bonds. The van der Waals surface area contributed by atoms with Crippen LogP contribution in [0.3, 0.4) is 0 Å². The van der Waals surface area contributed by atoms with Crippen molar-refractivity contribution in [1.29, 1.82) is 0 Å². The Kier molecular flexibility index (Phi) is 5.62. The van der Waals surface area contributed by atoms with Crippen LogP contribution in [0.4, 0.5) is 13.2 Å². The van der Waals surface area contributed by atoms with E-state index in [9.17, 15) is 26.4 Å². The molecular weight excluding hydrogens is 423 g/mol. The van der Waals surface area contributed by atoms with E-state index in [0.717, 1.165) is 6.20 Å². The Bertz CT molecular complexity index is 976. The van der Waals surface area contributed by atoms with E-state index in [0.29, 0.717) is 23.9 Å². The number of carbonyl (C=O) groups is 1. The molecule has 0 spiro atoms. The van der Waals surface area contributed by atoms with Gasteiger partial charge in [0.2, 0.25) is 0 Å². The van der Waals surface area contributed by atoms with E-state index in [1.54, 1.807) is 0 Å². The minimum atomic E-state index is -4.92. The number of hydrogen-bond acceptors (Lipinski definition) is 6. The molecule has 8 nitrogen and oxygen atoms in total. The van der Waals surface area contributed by atoms with Gasteiger partial charge < -0.3 is 5.32 Å². The van der Waals surface area contributed by atoms with Gasteiger partial charge in [-0.3, -0.25) is 4.79 Å². The summed E-state index contributed by atoms with van der Waals surface area (Å²) in [6, 6.07) is 2.41. The first kappa shape index (κ1) is 20.5. The highest BCUT2D eigenvalue weighted by Gasteiger charge is 2.41. The zero-order valence-corrected chi connectivity index (χ0v) is 15.9. The van der Waals surface area contributed by atoms with Gasteiger partial charge in [0.15, 0.2) is 26.5 Å². The molecule has 13 heteroatoms. The Labute approximate surface area is 163 Å². The molecule has 1 saturated heterocycles. The van der Waals surface area contributed by atoms with Crippen LogP contribution in [0.1, 0.15) is 35.3 Å². The third-order valence-corrected chi connectivity index (χ3v) is 6.80. The number of nitrogens with one attached hydrogen (secondary N) is 1. The fourth-order valence-electron chi connectivity index (χ4n) is 2.94. The summed E-state index contributed by atoms with van der Waals surface area (Å²) < 4.78 is 65.2. The Morgan fingerprint density at radius 3 is 2.64 bits per heavy atom. The molecule has 0 aliphatic carbocycles. The van der Waals surface area contributed by atoms with Crippen molar-refractivity contribution in [3.05, 3.63) is 34.7 Å². The molecule has 1 aliphatic rings. The Morgan fingerprint density at radius 2 is 2.04 bits per heavy atom. The summed E-state index contributed by atoms with van der Waals surface area (Å²) in [6.45, 7) is -0.260. The topological polar surface area (TPSA) is 107 Å². The zero-order chi connectivity index (χ0) is 20.5. The van der Waals surface area contributed by atoms with Gasteiger partial charge in [-0.1, -0.05) is 18.0 Å². The van der Waals surface area contributed by atoms with Crippen LogP contribution in [0.15, 0.2) is 18.3 Å². The molecule has 0 radical (unpaired) electrons. The van der Waals surface area contributed by atoms with E-state index in [4.69, 9.17) is 11.6 Å². The second kappa shape index (κ2) is 7.66. The normalized spacial score (nSPS) is 19.4. The van der Waals surface area contributed by atoms with E-state index >= 15 is 0 Å². The molecule has 2 aromatic heterocycles. The lowest BCUT2D eigenvalue weighted by Gasteiger charge is -2.22. The van der Waals surface area contributed by atoms with Gasteiger partial charge in [-0.2, -0.15) is 18.3 Å². The fraction of sp³-hybridized carbons (Fsp3) is 0.467. The highest BCUT2D eigenvalue weighted by Crippen LogP contribution is 2.33. The highest BCUT2D eigenvalue weighted by atomic mass is 35.5. The number of amides is 1. The van der Waals surface area contributed by atoms with Crippen molar-refractivity contribution in [3.63, 3.8) is 0 Å². The third-order valence-electron chi connectivity index (χ3n) is 4.32. The summed E-state index contributed by atoms with van der Waals surface area (Å²) in [5, 5.41) is 12.1. The van der Waals surface area contributed by atoms with E-state index in [1.807, 2.05) is 0 Å². The predicted molar refractivity (Wildman–Crippen MR) is 92.9 cm³/mol. The maximum atomic E-state index is 13.6. The van der Waals surface area contributed by atoms with Crippen molar-refractivity contribution in [1.82, 2.24) is 25.3 Å². The molecule has 152 valence electrons. The summed E-state index contributed by atoms with van der Waals surface area (Å²) in [5.41, 5.74) is -2.08. The van der Waals surface area contributed by atoms with Gasteiger partial charge in [0.25, 0.3) is 5.91 Å². The molecule has 1 fully saturated rings. The molecular formula is C15H15ClF3N5O3S. The predicted octanol–water partition coefficient (Wildman–Crippen LogP) is 2.03. The first-order valence-corrected chi connectivity index (χ1v) is 10.3. The lowest BCUT2D eigenvalue weighted by molar-refractivity contribution is -0.143. The molecule has 1 aliphatic heterocycles. The number of nitrogens with zero attached hydrogens (tertiary/aromatic N) is 4. The van der Waals surface area contributed by atoms with Crippen molar-refractivity contribution >= 4 is 27.3 Å². The van der Waals surface area contributed by atoms with Gasteiger partial charge in [-0.05, 0) is 25.0 Å². The Balaban J connectivity index is 1.87. The smallest absolute Gasteiger partial charge is 0.351 e. The average molecular weight is 438 g/mol. The van der Waals surface area contributed by atoms with Gasteiger partial charge in [-0.15, -0.1) is 10.2 Å². The Hall–Kier alpha value is -2.21. The minimum absolute atomic E-state index is 0.00844. The third kappa shape index (κ3) is 4.27. The maximum Gasteiger partial charge on any atom is 0.434 e. The quantitative estimate of drug-likeness (QED) is 0.784. The van der Waals surface area contributed by atoms with Crippen molar-refractivity contribution in [3.8, 4) is 5.82 Å². The highest BCUT2D eigenvalue weighted by molar-refractivity contribution is 7.92. The van der Waals surface area contributed by atoms with E-state index in [-0.39, 0.29) is 23.3 Å². The number of sulfone groups is 1. The number of rotatable bonds is 4. The van der Waals surface area contributed by atoms with Crippen LogP contribution in [-0.4, -0.2) is 51.9 Å². The van der Waals surface area contributed by atoms with Crippen LogP contribution in [0.5, 0.6) is 0 Å². The van der Waals surface area contributed by atoms with Crippen LogP contribution < -0.4 is 5.32 Å². The molecule has 3 rings (SSSR count). The number of halogens is 4. The summed E-state index contributed by atoms with van der Waals surface area (Å²) in [6.07, 6.45) is -2.58. The molecule has 1 N–H and O–H groups in total. The van der Waals surface area contributed by atoms with Gasteiger partial charge in [0.05, 0.1) is 22.8 Å². The van der Waals surface area contributed by atoms with Crippen LogP contribution in [-0.2, 0) is 16.0 Å². The molecule has 0 bridgehead atoms. The van der Waals surface area contributed by atoms with E-state index in [1.165, 1.54) is 12.1 Å². The van der Waals surface area contributed by atoms with Crippen molar-refractivity contribution in [2.24, 2.45) is 0 Å².